The second kappa shape index (κ2) is 5.32. The number of hydrogen-bond acceptors (Lipinski definition) is 3. The third-order valence-corrected chi connectivity index (χ3v) is 3.07. The van der Waals surface area contributed by atoms with E-state index in [4.69, 9.17) is 10.8 Å². The molecule has 0 aliphatic heterocycles. The zero-order valence-corrected chi connectivity index (χ0v) is 10.5. The molecule has 1 atom stereocenters. The summed E-state index contributed by atoms with van der Waals surface area (Å²) in [5, 5.41) is 18.8. The van der Waals surface area contributed by atoms with Crippen LogP contribution in [0.15, 0.2) is 16.6 Å². The summed E-state index contributed by atoms with van der Waals surface area (Å²) in [5.41, 5.74) is 6.73. The second-order valence-electron chi connectivity index (χ2n) is 3.50. The summed E-state index contributed by atoms with van der Waals surface area (Å²) in [4.78, 5) is 11.0. The van der Waals surface area contributed by atoms with Crippen molar-refractivity contribution in [1.82, 2.24) is 0 Å². The van der Waals surface area contributed by atoms with Gasteiger partial charge in [-0.05, 0) is 34.0 Å². The maximum absolute atomic E-state index is 11.0. The summed E-state index contributed by atoms with van der Waals surface area (Å²) in [6, 6.07) is 3.46. The molecule has 4 nitrogen and oxygen atoms in total. The first-order valence-electron chi connectivity index (χ1n) is 4.95. The molecule has 4 N–H and O–H groups in total. The number of aromatic hydroxyl groups is 1. The Morgan fingerprint density at radius 3 is 2.62 bits per heavy atom. The van der Waals surface area contributed by atoms with Gasteiger partial charge in [-0.3, -0.25) is 4.79 Å². The lowest BCUT2D eigenvalue weighted by Crippen LogP contribution is -2.21. The van der Waals surface area contributed by atoms with Crippen LogP contribution >= 0.6 is 15.9 Å². The van der Waals surface area contributed by atoms with E-state index in [-0.39, 0.29) is 12.3 Å². The van der Waals surface area contributed by atoms with Crippen LogP contribution in [0.3, 0.4) is 0 Å². The molecule has 0 aromatic heterocycles. The van der Waals surface area contributed by atoms with E-state index in [1.807, 2.05) is 6.92 Å². The normalized spacial score (nSPS) is 12.4. The first kappa shape index (κ1) is 13.0. The lowest BCUT2D eigenvalue weighted by atomic mass is 9.96. The molecule has 0 bridgehead atoms. The van der Waals surface area contributed by atoms with Gasteiger partial charge in [0, 0.05) is 12.1 Å². The van der Waals surface area contributed by atoms with E-state index in [2.05, 4.69) is 15.9 Å². The van der Waals surface area contributed by atoms with Gasteiger partial charge in [0.05, 0.1) is 10.4 Å². The van der Waals surface area contributed by atoms with Gasteiger partial charge in [-0.1, -0.05) is 13.0 Å². The molecule has 0 radical (unpaired) electrons. The van der Waals surface area contributed by atoms with E-state index < -0.39 is 11.9 Å². The molecule has 0 saturated carbocycles. The number of phenols is 1. The molecule has 0 fully saturated rings. The van der Waals surface area contributed by atoms with Crippen molar-refractivity contribution in [3.8, 4) is 5.75 Å². The van der Waals surface area contributed by atoms with Crippen LogP contribution in [0.5, 0.6) is 5.75 Å². The van der Waals surface area contributed by atoms with Crippen LogP contribution in [0, 0.1) is 0 Å². The van der Waals surface area contributed by atoms with Crippen LogP contribution in [0.1, 0.15) is 24.0 Å². The number of benzene rings is 1. The van der Waals surface area contributed by atoms with Crippen LogP contribution in [0.2, 0.25) is 0 Å². The van der Waals surface area contributed by atoms with Gasteiger partial charge in [0.25, 0.3) is 0 Å². The molecule has 1 aromatic carbocycles. The van der Waals surface area contributed by atoms with Crippen molar-refractivity contribution in [2.24, 2.45) is 5.73 Å². The van der Waals surface area contributed by atoms with Gasteiger partial charge < -0.3 is 15.9 Å². The minimum atomic E-state index is -1.03. The molecule has 1 rings (SSSR count). The Bertz CT molecular complexity index is 406. The number of phenolic OH excluding ortho intramolecular Hbond substituents is 1. The molecular weight excluding hydrogens is 274 g/mol. The van der Waals surface area contributed by atoms with Crippen LogP contribution in [-0.2, 0) is 11.2 Å². The molecule has 0 aliphatic carbocycles. The van der Waals surface area contributed by atoms with Crippen molar-refractivity contribution < 1.29 is 15.0 Å². The maximum atomic E-state index is 11.0. The topological polar surface area (TPSA) is 83.5 Å². The summed E-state index contributed by atoms with van der Waals surface area (Å²) >= 11 is 3.20. The van der Waals surface area contributed by atoms with Gasteiger partial charge in [0.1, 0.15) is 5.75 Å². The number of aliphatic carboxylic acids is 1. The molecule has 0 aliphatic rings. The highest BCUT2D eigenvalue weighted by atomic mass is 79.9. The van der Waals surface area contributed by atoms with Crippen molar-refractivity contribution in [2.75, 3.05) is 6.54 Å². The molecule has 5 heteroatoms. The van der Waals surface area contributed by atoms with Crippen LogP contribution in [0.25, 0.3) is 0 Å². The molecule has 0 amide bonds. The zero-order chi connectivity index (χ0) is 12.3. The summed E-state index contributed by atoms with van der Waals surface area (Å²) < 4.78 is 0.501. The SMILES string of the molecule is CCc1cc(Br)c(O)c(C(CN)C(=O)O)c1. The van der Waals surface area contributed by atoms with E-state index in [0.29, 0.717) is 10.0 Å². The van der Waals surface area contributed by atoms with Crippen molar-refractivity contribution >= 4 is 21.9 Å². The number of rotatable bonds is 4. The number of carboxylic acid groups (broad SMARTS) is 1. The summed E-state index contributed by atoms with van der Waals surface area (Å²) in [5.74, 6) is -1.95. The van der Waals surface area contributed by atoms with Gasteiger partial charge in [-0.2, -0.15) is 0 Å². The first-order chi connectivity index (χ1) is 7.51. The average Bonchev–Trinajstić information content (AvgIpc) is 2.24. The van der Waals surface area contributed by atoms with Crippen LogP contribution < -0.4 is 5.73 Å². The highest BCUT2D eigenvalue weighted by Crippen LogP contribution is 2.34. The van der Waals surface area contributed by atoms with Crippen molar-refractivity contribution in [1.29, 1.82) is 0 Å². The molecule has 16 heavy (non-hydrogen) atoms. The van der Waals surface area contributed by atoms with E-state index in [0.717, 1.165) is 12.0 Å². The fourth-order valence-electron chi connectivity index (χ4n) is 1.51. The lowest BCUT2D eigenvalue weighted by molar-refractivity contribution is -0.138. The summed E-state index contributed by atoms with van der Waals surface area (Å²) in [6.07, 6.45) is 0.767. The Labute approximate surface area is 102 Å². The van der Waals surface area contributed by atoms with Crippen LogP contribution in [0.4, 0.5) is 0 Å². The molecule has 0 heterocycles. The fourth-order valence-corrected chi connectivity index (χ4v) is 2.03. The number of nitrogens with two attached hydrogens (primary N) is 1. The summed E-state index contributed by atoms with van der Waals surface area (Å²) in [7, 11) is 0. The minimum Gasteiger partial charge on any atom is -0.506 e. The van der Waals surface area contributed by atoms with Gasteiger partial charge in [0.15, 0.2) is 0 Å². The Morgan fingerprint density at radius 1 is 1.56 bits per heavy atom. The molecule has 88 valence electrons. The third kappa shape index (κ3) is 2.54. The number of carboxylic acids is 1. The van der Waals surface area contributed by atoms with Gasteiger partial charge in [-0.15, -0.1) is 0 Å². The number of hydrogen-bond donors (Lipinski definition) is 3. The van der Waals surface area contributed by atoms with Gasteiger partial charge >= 0.3 is 5.97 Å². The first-order valence-corrected chi connectivity index (χ1v) is 5.74. The Kier molecular flexibility index (Phi) is 4.32. The van der Waals surface area contributed by atoms with Crippen molar-refractivity contribution in [2.45, 2.75) is 19.3 Å². The maximum Gasteiger partial charge on any atom is 0.312 e. The smallest absolute Gasteiger partial charge is 0.312 e. The highest BCUT2D eigenvalue weighted by Gasteiger charge is 2.23. The zero-order valence-electron chi connectivity index (χ0n) is 8.90. The minimum absolute atomic E-state index is 0.0392. The predicted molar refractivity (Wildman–Crippen MR) is 64.6 cm³/mol. The van der Waals surface area contributed by atoms with Gasteiger partial charge in [0.2, 0.25) is 0 Å². The fraction of sp³-hybridized carbons (Fsp3) is 0.364. The molecular formula is C11H14BrNO3. The van der Waals surface area contributed by atoms with E-state index in [1.54, 1.807) is 12.1 Å². The van der Waals surface area contributed by atoms with Crippen molar-refractivity contribution in [3.05, 3.63) is 27.7 Å². The average molecular weight is 288 g/mol. The molecule has 0 saturated heterocycles. The highest BCUT2D eigenvalue weighted by molar-refractivity contribution is 9.10. The Morgan fingerprint density at radius 2 is 2.19 bits per heavy atom. The number of aryl methyl sites for hydroxylation is 1. The summed E-state index contributed by atoms with van der Waals surface area (Å²) in [6.45, 7) is 1.92. The quantitative estimate of drug-likeness (QED) is 0.789. The lowest BCUT2D eigenvalue weighted by Gasteiger charge is -2.14. The molecule has 0 spiro atoms. The standard InChI is InChI=1S/C11H14BrNO3/c1-2-6-3-7(8(5-13)11(15)16)10(14)9(12)4-6/h3-4,8,14H,2,5,13H2,1H3,(H,15,16). The Hall–Kier alpha value is -1.07. The monoisotopic (exact) mass is 287 g/mol. The largest absolute Gasteiger partial charge is 0.506 e. The Balaban J connectivity index is 3.30. The number of halogens is 1. The third-order valence-electron chi connectivity index (χ3n) is 2.47. The molecule has 1 unspecified atom stereocenters. The van der Waals surface area contributed by atoms with E-state index in [1.165, 1.54) is 0 Å². The predicted octanol–water partition coefficient (Wildman–Crippen LogP) is 1.84. The van der Waals surface area contributed by atoms with E-state index in [9.17, 15) is 9.90 Å². The number of carbonyl (C=O) groups is 1. The van der Waals surface area contributed by atoms with Gasteiger partial charge in [-0.25, -0.2) is 0 Å². The molecule has 1 aromatic rings. The van der Waals surface area contributed by atoms with Crippen molar-refractivity contribution in [3.63, 3.8) is 0 Å². The second-order valence-corrected chi connectivity index (χ2v) is 4.35. The van der Waals surface area contributed by atoms with E-state index >= 15 is 0 Å². The van der Waals surface area contributed by atoms with Crippen LogP contribution in [-0.4, -0.2) is 22.7 Å².